The van der Waals surface area contributed by atoms with E-state index in [0.717, 1.165) is 49.9 Å². The normalized spacial score (nSPS) is 14.3. The zero-order chi connectivity index (χ0) is 31.3. The van der Waals surface area contributed by atoms with E-state index >= 15 is 0 Å². The van der Waals surface area contributed by atoms with Crippen LogP contribution in [0.4, 0.5) is 21.8 Å². The molecule has 0 bridgehead atoms. The quantitative estimate of drug-likeness (QED) is 0.217. The van der Waals surface area contributed by atoms with Gasteiger partial charge in [0.25, 0.3) is 0 Å². The Morgan fingerprint density at radius 2 is 1.75 bits per heavy atom. The molecule has 0 unspecified atom stereocenters. The van der Waals surface area contributed by atoms with Gasteiger partial charge in [-0.15, -0.1) is 0 Å². The first-order chi connectivity index (χ1) is 21.1. The molecule has 14 heteroatoms. The number of hydrogen-bond donors (Lipinski definition) is 2. The fourth-order valence-electron chi connectivity index (χ4n) is 4.78. The number of rotatable bonds is 12. The second-order valence-corrected chi connectivity index (χ2v) is 13.9. The van der Waals surface area contributed by atoms with Crippen LogP contribution in [0.2, 0.25) is 0 Å². The molecule has 44 heavy (non-hydrogen) atoms. The smallest absolute Gasteiger partial charge is 0.204 e. The summed E-state index contributed by atoms with van der Waals surface area (Å²) >= 11 is 1.33. The van der Waals surface area contributed by atoms with Crippen LogP contribution in [0.15, 0.2) is 69.5 Å². The number of nitrogens with zero attached hydrogens (tertiary/aromatic N) is 6. The predicted molar refractivity (Wildman–Crippen MR) is 170 cm³/mol. The van der Waals surface area contributed by atoms with Gasteiger partial charge in [0.15, 0.2) is 32.4 Å². The van der Waals surface area contributed by atoms with E-state index < -0.39 is 15.7 Å². The van der Waals surface area contributed by atoms with Crippen LogP contribution in [0.1, 0.15) is 11.3 Å². The number of piperazine rings is 1. The van der Waals surface area contributed by atoms with Crippen molar-refractivity contribution in [3.63, 3.8) is 0 Å². The SMILES string of the molecule is COc1c(Nc2cc(C)[nH]n2)nc(Sc2ccc(S(=O)(=O)Cc3ccc(F)cc3)cc2)nc1N1CCN(CCN(C)C)CC1. The molecule has 0 atom stereocenters. The first-order valence-corrected chi connectivity index (χ1v) is 16.7. The van der Waals surface area contributed by atoms with Gasteiger partial charge < -0.3 is 19.9 Å². The van der Waals surface area contributed by atoms with Gasteiger partial charge in [-0.25, -0.2) is 22.8 Å². The van der Waals surface area contributed by atoms with Gasteiger partial charge in [0.1, 0.15) is 5.82 Å². The predicted octanol–water partition coefficient (Wildman–Crippen LogP) is 4.21. The van der Waals surface area contributed by atoms with Gasteiger partial charge in [0, 0.05) is 55.9 Å². The summed E-state index contributed by atoms with van der Waals surface area (Å²) in [5.74, 6) is 1.68. The van der Waals surface area contributed by atoms with Crippen LogP contribution in [0.5, 0.6) is 5.75 Å². The summed E-state index contributed by atoms with van der Waals surface area (Å²) in [5.41, 5.74) is 1.42. The van der Waals surface area contributed by atoms with Crippen LogP contribution in [0, 0.1) is 12.7 Å². The second-order valence-electron chi connectivity index (χ2n) is 10.9. The van der Waals surface area contributed by atoms with Crippen LogP contribution < -0.4 is 15.0 Å². The molecule has 3 heterocycles. The van der Waals surface area contributed by atoms with Gasteiger partial charge in [0.2, 0.25) is 5.75 Å². The molecule has 0 radical (unpaired) electrons. The summed E-state index contributed by atoms with van der Waals surface area (Å²) in [6.07, 6.45) is 0. The summed E-state index contributed by atoms with van der Waals surface area (Å²) in [6.45, 7) is 7.29. The molecule has 2 aromatic heterocycles. The first-order valence-electron chi connectivity index (χ1n) is 14.2. The average molecular weight is 641 g/mol. The Bertz CT molecular complexity index is 1660. The number of anilines is 3. The highest BCUT2D eigenvalue weighted by Crippen LogP contribution is 2.38. The number of nitrogens with one attached hydrogen (secondary N) is 2. The highest BCUT2D eigenvalue weighted by atomic mass is 32.2. The van der Waals surface area contributed by atoms with E-state index in [0.29, 0.717) is 33.9 Å². The highest BCUT2D eigenvalue weighted by Gasteiger charge is 2.25. The number of halogens is 1. The van der Waals surface area contributed by atoms with Crippen molar-refractivity contribution in [3.8, 4) is 5.75 Å². The molecule has 1 aliphatic rings. The number of aromatic amines is 1. The third kappa shape index (κ3) is 8.05. The van der Waals surface area contributed by atoms with E-state index in [1.165, 1.54) is 36.0 Å². The Hall–Kier alpha value is -3.72. The van der Waals surface area contributed by atoms with Crippen molar-refractivity contribution in [1.29, 1.82) is 0 Å². The maximum Gasteiger partial charge on any atom is 0.204 e. The molecule has 4 aromatic rings. The van der Waals surface area contributed by atoms with Gasteiger partial charge >= 0.3 is 0 Å². The molecule has 2 N–H and O–H groups in total. The molecule has 11 nitrogen and oxygen atoms in total. The van der Waals surface area contributed by atoms with Gasteiger partial charge in [0.05, 0.1) is 17.8 Å². The van der Waals surface area contributed by atoms with E-state index in [4.69, 9.17) is 14.7 Å². The van der Waals surface area contributed by atoms with Crippen LogP contribution in [0.3, 0.4) is 0 Å². The van der Waals surface area contributed by atoms with E-state index in [2.05, 4.69) is 44.3 Å². The number of ether oxygens (including phenoxy) is 1. The minimum Gasteiger partial charge on any atom is -0.490 e. The van der Waals surface area contributed by atoms with Crippen molar-refractivity contribution in [1.82, 2.24) is 30.0 Å². The van der Waals surface area contributed by atoms with Crippen LogP contribution in [-0.2, 0) is 15.6 Å². The van der Waals surface area contributed by atoms with Crippen molar-refractivity contribution in [2.45, 2.75) is 27.6 Å². The lowest BCUT2D eigenvalue weighted by Gasteiger charge is -2.36. The number of aryl methyl sites for hydroxylation is 1. The summed E-state index contributed by atoms with van der Waals surface area (Å²) in [6, 6.07) is 14.0. The van der Waals surface area contributed by atoms with Crippen molar-refractivity contribution in [2.75, 3.05) is 70.7 Å². The topological polar surface area (TPSA) is 120 Å². The molecule has 1 fully saturated rings. The lowest BCUT2D eigenvalue weighted by atomic mass is 10.2. The lowest BCUT2D eigenvalue weighted by Crippen LogP contribution is -2.48. The number of hydrogen-bond acceptors (Lipinski definition) is 11. The molecule has 234 valence electrons. The van der Waals surface area contributed by atoms with Crippen LogP contribution in [0.25, 0.3) is 0 Å². The van der Waals surface area contributed by atoms with Crippen molar-refractivity contribution < 1.29 is 17.5 Å². The molecule has 1 saturated heterocycles. The van der Waals surface area contributed by atoms with Gasteiger partial charge in [-0.2, -0.15) is 5.10 Å². The summed E-state index contributed by atoms with van der Waals surface area (Å²) in [5, 5.41) is 11.0. The van der Waals surface area contributed by atoms with E-state index in [9.17, 15) is 12.8 Å². The molecule has 2 aromatic carbocycles. The van der Waals surface area contributed by atoms with E-state index in [1.54, 1.807) is 31.4 Å². The molecule has 5 rings (SSSR count). The Balaban J connectivity index is 1.38. The van der Waals surface area contributed by atoms with Crippen molar-refractivity contribution in [3.05, 3.63) is 71.7 Å². The fraction of sp³-hybridized carbons (Fsp3) is 0.367. The molecule has 0 amide bonds. The molecular weight excluding hydrogens is 604 g/mol. The summed E-state index contributed by atoms with van der Waals surface area (Å²) < 4.78 is 45.1. The number of H-pyrrole nitrogens is 1. The Morgan fingerprint density at radius 3 is 2.36 bits per heavy atom. The van der Waals surface area contributed by atoms with Gasteiger partial charge in [-0.1, -0.05) is 12.1 Å². The highest BCUT2D eigenvalue weighted by molar-refractivity contribution is 7.99. The number of aromatic nitrogens is 4. The monoisotopic (exact) mass is 640 g/mol. The lowest BCUT2D eigenvalue weighted by molar-refractivity contribution is 0.228. The average Bonchev–Trinajstić information content (AvgIpc) is 3.41. The van der Waals surface area contributed by atoms with Crippen LogP contribution in [-0.4, -0.2) is 98.9 Å². The zero-order valence-electron chi connectivity index (χ0n) is 25.2. The number of likely N-dealkylation sites (N-methyl/N-ethyl adjacent to an activating group) is 1. The Labute approximate surface area is 261 Å². The first kappa shape index (κ1) is 31.7. The molecule has 1 aliphatic heterocycles. The molecule has 0 saturated carbocycles. The number of benzene rings is 2. The number of methoxy groups -OCH3 is 1. The fourth-order valence-corrected chi connectivity index (χ4v) is 6.88. The Morgan fingerprint density at radius 1 is 1.05 bits per heavy atom. The number of sulfone groups is 1. The minimum absolute atomic E-state index is 0.186. The second kappa shape index (κ2) is 13.9. The summed E-state index contributed by atoms with van der Waals surface area (Å²) in [7, 11) is 2.15. The maximum absolute atomic E-state index is 13.3. The minimum atomic E-state index is -3.61. The van der Waals surface area contributed by atoms with E-state index in [1.807, 2.05) is 13.0 Å². The molecule has 0 aliphatic carbocycles. The molecular formula is C30H37FN8O3S2. The molecule has 0 spiro atoms. The third-order valence-electron chi connectivity index (χ3n) is 7.18. The zero-order valence-corrected chi connectivity index (χ0v) is 26.9. The third-order valence-corrected chi connectivity index (χ3v) is 9.76. The van der Waals surface area contributed by atoms with Crippen molar-refractivity contribution >= 4 is 39.1 Å². The Kier molecular flexibility index (Phi) is 10.0. The maximum atomic E-state index is 13.3. The van der Waals surface area contributed by atoms with Gasteiger partial charge in [-0.3, -0.25) is 10.00 Å². The van der Waals surface area contributed by atoms with Gasteiger partial charge in [-0.05, 0) is 74.7 Å². The summed E-state index contributed by atoms with van der Waals surface area (Å²) in [4.78, 5) is 17.5. The van der Waals surface area contributed by atoms with Crippen LogP contribution >= 0.6 is 11.8 Å². The largest absolute Gasteiger partial charge is 0.490 e. The van der Waals surface area contributed by atoms with Crippen molar-refractivity contribution in [2.24, 2.45) is 0 Å². The van der Waals surface area contributed by atoms with E-state index in [-0.39, 0.29) is 10.6 Å². The standard InChI is InChI=1S/C30H37FN8O3S2/c1-21-19-26(36-35-21)32-28-27(42-4)29(39-17-15-38(16-18-39)14-13-37(2)3)34-30(33-28)43-24-9-11-25(12-10-24)44(40,41)20-22-5-7-23(31)8-6-22/h5-12,19H,13-18,20H2,1-4H3,(H2,32,33,34,35,36).